The second kappa shape index (κ2) is 5.59. The lowest BCUT2D eigenvalue weighted by Crippen LogP contribution is -2.40. The number of nitrogen functional groups attached to an aromatic ring is 1. The number of benzene rings is 1. The first-order chi connectivity index (χ1) is 8.61. The molecule has 2 rings (SSSR count). The minimum absolute atomic E-state index is 0.0822. The van der Waals surface area contributed by atoms with E-state index in [0.717, 1.165) is 19.3 Å². The minimum Gasteiger partial charge on any atom is -0.398 e. The summed E-state index contributed by atoms with van der Waals surface area (Å²) in [5.74, 6) is -0.133. The quantitative estimate of drug-likeness (QED) is 0.826. The summed E-state index contributed by atoms with van der Waals surface area (Å²) in [4.78, 5) is 12.1. The highest BCUT2D eigenvalue weighted by atomic mass is 35.5. The number of methoxy groups -OCH3 is 1. The van der Waals surface area contributed by atoms with E-state index < -0.39 is 0 Å². The number of hydrogen-bond acceptors (Lipinski definition) is 3. The molecule has 1 aromatic rings. The largest absolute Gasteiger partial charge is 0.398 e. The van der Waals surface area contributed by atoms with Gasteiger partial charge < -0.3 is 15.8 Å². The van der Waals surface area contributed by atoms with Gasteiger partial charge in [-0.25, -0.2) is 0 Å². The summed E-state index contributed by atoms with van der Waals surface area (Å²) in [6, 6.07) is 4.98. The Hall–Kier alpha value is -1.26. The van der Waals surface area contributed by atoms with Crippen LogP contribution in [0, 0.1) is 0 Å². The third kappa shape index (κ3) is 2.76. The average Bonchev–Trinajstić information content (AvgIpc) is 2.79. The van der Waals surface area contributed by atoms with Crippen LogP contribution in [0.25, 0.3) is 0 Å². The van der Waals surface area contributed by atoms with Gasteiger partial charge in [0.05, 0.1) is 22.9 Å². The van der Waals surface area contributed by atoms with Crippen LogP contribution in [0.4, 0.5) is 5.69 Å². The summed E-state index contributed by atoms with van der Waals surface area (Å²) >= 11 is 5.90. The number of anilines is 1. The summed E-state index contributed by atoms with van der Waals surface area (Å²) in [6.07, 6.45) is 3.13. The number of carbonyl (C=O) groups is 1. The summed E-state index contributed by atoms with van der Waals surface area (Å²) in [7, 11) is 1.68. The molecule has 1 aromatic carbocycles. The van der Waals surface area contributed by atoms with Crippen LogP contribution < -0.4 is 11.1 Å². The fourth-order valence-corrected chi connectivity index (χ4v) is 2.47. The molecule has 0 aliphatic heterocycles. The molecule has 0 radical (unpaired) electrons. The zero-order chi connectivity index (χ0) is 13.1. The molecule has 1 saturated carbocycles. The lowest BCUT2D eigenvalue weighted by molar-refractivity contribution is 0.0722. The van der Waals surface area contributed by atoms with Crippen LogP contribution in [0.2, 0.25) is 5.02 Å². The molecule has 2 atom stereocenters. The van der Waals surface area contributed by atoms with Gasteiger partial charge in [0.25, 0.3) is 5.91 Å². The molecule has 0 aromatic heterocycles. The number of halogens is 1. The Balaban J connectivity index is 2.05. The first-order valence-corrected chi connectivity index (χ1v) is 6.38. The number of carbonyl (C=O) groups excluding carboxylic acids is 1. The molecular weight excluding hydrogens is 252 g/mol. The molecule has 0 bridgehead atoms. The van der Waals surface area contributed by atoms with Crippen LogP contribution in [0.3, 0.4) is 0 Å². The van der Waals surface area contributed by atoms with Crippen molar-refractivity contribution in [2.45, 2.75) is 31.4 Å². The van der Waals surface area contributed by atoms with E-state index >= 15 is 0 Å². The van der Waals surface area contributed by atoms with Crippen molar-refractivity contribution in [1.29, 1.82) is 0 Å². The standard InChI is InChI=1S/C13H17ClN2O2/c1-18-12-4-2-3-11(12)16-13(17)8-5-6-10(15)9(14)7-8/h5-7,11-12H,2-4,15H2,1H3,(H,16,17). The van der Waals surface area contributed by atoms with E-state index in [1.807, 2.05) is 0 Å². The number of rotatable bonds is 3. The molecule has 3 N–H and O–H groups in total. The molecule has 1 fully saturated rings. The van der Waals surface area contributed by atoms with E-state index in [1.165, 1.54) is 0 Å². The number of ether oxygens (including phenoxy) is 1. The molecule has 0 heterocycles. The first-order valence-electron chi connectivity index (χ1n) is 6.00. The van der Waals surface area contributed by atoms with Gasteiger partial charge in [0, 0.05) is 12.7 Å². The minimum atomic E-state index is -0.133. The van der Waals surface area contributed by atoms with Crippen molar-refractivity contribution in [2.75, 3.05) is 12.8 Å². The lowest BCUT2D eigenvalue weighted by Gasteiger charge is -2.19. The van der Waals surface area contributed by atoms with Gasteiger partial charge in [0.1, 0.15) is 0 Å². The maximum Gasteiger partial charge on any atom is 0.251 e. The van der Waals surface area contributed by atoms with Gasteiger partial charge in [-0.2, -0.15) is 0 Å². The van der Waals surface area contributed by atoms with Crippen molar-refractivity contribution in [3.8, 4) is 0 Å². The summed E-state index contributed by atoms with van der Waals surface area (Å²) < 4.78 is 5.34. The van der Waals surface area contributed by atoms with Crippen LogP contribution in [0.1, 0.15) is 29.6 Å². The van der Waals surface area contributed by atoms with Crippen molar-refractivity contribution < 1.29 is 9.53 Å². The molecule has 98 valence electrons. The van der Waals surface area contributed by atoms with E-state index in [2.05, 4.69) is 5.32 Å². The number of nitrogens with two attached hydrogens (primary N) is 1. The molecule has 0 spiro atoms. The van der Waals surface area contributed by atoms with E-state index in [1.54, 1.807) is 25.3 Å². The number of nitrogens with one attached hydrogen (secondary N) is 1. The summed E-state index contributed by atoms with van der Waals surface area (Å²) in [6.45, 7) is 0. The lowest BCUT2D eigenvalue weighted by atomic mass is 10.1. The van der Waals surface area contributed by atoms with Crippen LogP contribution in [-0.2, 0) is 4.74 Å². The maximum absolute atomic E-state index is 12.1. The highest BCUT2D eigenvalue weighted by Gasteiger charge is 2.28. The van der Waals surface area contributed by atoms with Gasteiger partial charge in [-0.1, -0.05) is 11.6 Å². The SMILES string of the molecule is COC1CCCC1NC(=O)c1ccc(N)c(Cl)c1. The van der Waals surface area contributed by atoms with Crippen molar-refractivity contribution in [1.82, 2.24) is 5.32 Å². The molecule has 2 unspecified atom stereocenters. The van der Waals surface area contributed by atoms with Gasteiger partial charge in [-0.05, 0) is 37.5 Å². The highest BCUT2D eigenvalue weighted by molar-refractivity contribution is 6.33. The second-order valence-corrected chi connectivity index (χ2v) is 4.93. The average molecular weight is 269 g/mol. The monoisotopic (exact) mass is 268 g/mol. The number of hydrogen-bond donors (Lipinski definition) is 2. The predicted octanol–water partition coefficient (Wildman–Crippen LogP) is 2.22. The Kier molecular flexibility index (Phi) is 4.09. The topological polar surface area (TPSA) is 64.3 Å². The highest BCUT2D eigenvalue weighted by Crippen LogP contribution is 2.23. The van der Waals surface area contributed by atoms with Gasteiger partial charge in [0.15, 0.2) is 0 Å². The Labute approximate surface area is 111 Å². The molecule has 4 nitrogen and oxygen atoms in total. The zero-order valence-corrected chi connectivity index (χ0v) is 11.0. The van der Waals surface area contributed by atoms with E-state index in [-0.39, 0.29) is 18.1 Å². The van der Waals surface area contributed by atoms with Crippen LogP contribution in [0.5, 0.6) is 0 Å². The third-order valence-corrected chi connectivity index (χ3v) is 3.66. The van der Waals surface area contributed by atoms with Gasteiger partial charge in [-0.3, -0.25) is 4.79 Å². The van der Waals surface area contributed by atoms with Gasteiger partial charge in [0.2, 0.25) is 0 Å². The van der Waals surface area contributed by atoms with Crippen LogP contribution in [-0.4, -0.2) is 25.2 Å². The van der Waals surface area contributed by atoms with Crippen molar-refractivity contribution in [3.63, 3.8) is 0 Å². The first kappa shape index (κ1) is 13.2. The molecule has 0 saturated heterocycles. The van der Waals surface area contributed by atoms with Crippen molar-refractivity contribution in [3.05, 3.63) is 28.8 Å². The fraction of sp³-hybridized carbons (Fsp3) is 0.462. The van der Waals surface area contributed by atoms with Crippen molar-refractivity contribution in [2.24, 2.45) is 0 Å². The smallest absolute Gasteiger partial charge is 0.251 e. The van der Waals surface area contributed by atoms with E-state index in [9.17, 15) is 4.79 Å². The summed E-state index contributed by atoms with van der Waals surface area (Å²) in [5, 5.41) is 3.38. The van der Waals surface area contributed by atoms with Crippen LogP contribution in [0.15, 0.2) is 18.2 Å². The normalized spacial score (nSPS) is 23.0. The van der Waals surface area contributed by atoms with Crippen molar-refractivity contribution >= 4 is 23.2 Å². The zero-order valence-electron chi connectivity index (χ0n) is 10.3. The Bertz CT molecular complexity index is 451. The van der Waals surface area contributed by atoms with Crippen LogP contribution >= 0.6 is 11.6 Å². The fourth-order valence-electron chi connectivity index (χ4n) is 2.29. The maximum atomic E-state index is 12.1. The van der Waals surface area contributed by atoms with E-state index in [0.29, 0.717) is 16.3 Å². The predicted molar refractivity (Wildman–Crippen MR) is 71.8 cm³/mol. The molecule has 1 aliphatic carbocycles. The Morgan fingerprint density at radius 1 is 1.50 bits per heavy atom. The molecular formula is C13H17ClN2O2. The number of amides is 1. The van der Waals surface area contributed by atoms with E-state index in [4.69, 9.17) is 22.1 Å². The summed E-state index contributed by atoms with van der Waals surface area (Å²) in [5.41, 5.74) is 6.61. The van der Waals surface area contributed by atoms with Gasteiger partial charge in [-0.15, -0.1) is 0 Å². The Morgan fingerprint density at radius 2 is 2.28 bits per heavy atom. The molecule has 18 heavy (non-hydrogen) atoms. The third-order valence-electron chi connectivity index (χ3n) is 3.33. The molecule has 1 amide bonds. The van der Waals surface area contributed by atoms with Gasteiger partial charge >= 0.3 is 0 Å². The Morgan fingerprint density at radius 3 is 2.94 bits per heavy atom. The molecule has 5 heteroatoms. The molecule has 1 aliphatic rings. The second-order valence-electron chi connectivity index (χ2n) is 4.52.